The Morgan fingerprint density at radius 3 is 1.94 bits per heavy atom. The number of esters is 1. The first-order chi connectivity index (χ1) is 14.3. The second-order valence-corrected chi connectivity index (χ2v) is 8.39. The molecule has 1 N–H and O–H groups in total. The lowest BCUT2D eigenvalue weighted by Crippen LogP contribution is -2.63. The summed E-state index contributed by atoms with van der Waals surface area (Å²) in [6.07, 6.45) is -7.14. The van der Waals surface area contributed by atoms with E-state index >= 15 is 0 Å². The first kappa shape index (κ1) is 28.1. The maximum Gasteiger partial charge on any atom is 0.466 e. The number of piperidine rings is 1. The number of carbonyl (C=O) groups excluding carboxylic acids is 2. The number of nitrogens with zero attached hydrogens (tertiary/aromatic N) is 1. The van der Waals surface area contributed by atoms with Crippen molar-refractivity contribution < 1.29 is 62.8 Å². The van der Waals surface area contributed by atoms with Crippen molar-refractivity contribution in [1.82, 2.24) is 4.90 Å². The van der Waals surface area contributed by atoms with Gasteiger partial charge in [-0.25, -0.2) is 4.79 Å². The van der Waals surface area contributed by atoms with E-state index in [2.05, 4.69) is 16.1 Å². The molecule has 1 aliphatic heterocycles. The molecule has 0 bridgehead atoms. The molecule has 1 heterocycles. The fourth-order valence-corrected chi connectivity index (χ4v) is 3.06. The molecule has 16 heteroatoms. The number of amides is 1. The van der Waals surface area contributed by atoms with Crippen LogP contribution in [0.15, 0.2) is 12.2 Å². The fraction of sp³-hybridized carbons (Fsp3) is 0.750. The predicted molar refractivity (Wildman–Crippen MR) is 92.1 cm³/mol. The van der Waals surface area contributed by atoms with Gasteiger partial charge in [-0.1, -0.05) is 6.58 Å². The minimum absolute atomic E-state index is 0.221. The molecule has 0 aromatic heterocycles. The molecule has 0 saturated carbocycles. The molecule has 8 nitrogen and oxygen atoms in total. The van der Waals surface area contributed by atoms with Gasteiger partial charge in [0.1, 0.15) is 0 Å². The summed E-state index contributed by atoms with van der Waals surface area (Å²) >= 11 is 0. The van der Waals surface area contributed by atoms with E-state index in [9.17, 15) is 48.7 Å². The van der Waals surface area contributed by atoms with Crippen LogP contribution in [0.3, 0.4) is 0 Å². The number of hydrogen-bond acceptors (Lipinski definition) is 6. The van der Waals surface area contributed by atoms with Gasteiger partial charge < -0.3 is 14.4 Å². The molecule has 1 aliphatic rings. The average Bonchev–Trinajstić information content (AvgIpc) is 2.64. The first-order valence-electron chi connectivity index (χ1n) is 8.92. The summed E-state index contributed by atoms with van der Waals surface area (Å²) in [6.45, 7) is 1.49. The van der Waals surface area contributed by atoms with E-state index in [-0.39, 0.29) is 25.9 Å². The van der Waals surface area contributed by atoms with Crippen molar-refractivity contribution in [2.24, 2.45) is 0 Å². The number of rotatable bonds is 9. The van der Waals surface area contributed by atoms with E-state index in [0.29, 0.717) is 11.3 Å². The maximum atomic E-state index is 13.9. The number of alkyl halides is 7. The number of carbonyl (C=O) groups is 2. The van der Waals surface area contributed by atoms with E-state index in [0.717, 1.165) is 6.92 Å². The molecule has 0 spiro atoms. The summed E-state index contributed by atoms with van der Waals surface area (Å²) in [7, 11) is -6.65. The van der Waals surface area contributed by atoms with Gasteiger partial charge in [-0.05, 0) is 26.2 Å². The third-order valence-electron chi connectivity index (χ3n) is 4.35. The second kappa shape index (κ2) is 9.51. The summed E-state index contributed by atoms with van der Waals surface area (Å²) in [5, 5.41) is -6.07. The Morgan fingerprint density at radius 2 is 1.53 bits per heavy atom. The number of ether oxygens (including phenoxy) is 2. The normalized spacial score (nSPS) is 18.1. The van der Waals surface area contributed by atoms with Crippen molar-refractivity contribution in [2.45, 2.75) is 55.7 Å². The maximum absolute atomic E-state index is 13.9. The third kappa shape index (κ3) is 5.70. The van der Waals surface area contributed by atoms with Crippen molar-refractivity contribution in [3.63, 3.8) is 0 Å². The van der Waals surface area contributed by atoms with Crippen LogP contribution in [0.2, 0.25) is 0 Å². The van der Waals surface area contributed by atoms with Gasteiger partial charge in [0, 0.05) is 25.1 Å². The highest BCUT2D eigenvalue weighted by molar-refractivity contribution is 7.87. The Balaban J connectivity index is 3.31. The zero-order valence-electron chi connectivity index (χ0n) is 16.6. The van der Waals surface area contributed by atoms with Crippen LogP contribution >= 0.6 is 0 Å². The molecule has 1 unspecified atom stereocenters. The van der Waals surface area contributed by atoms with E-state index < -0.39 is 63.7 Å². The van der Waals surface area contributed by atoms with E-state index in [1.165, 1.54) is 0 Å². The van der Waals surface area contributed by atoms with Crippen LogP contribution in [0.25, 0.3) is 0 Å². The molecule has 1 amide bonds. The lowest BCUT2D eigenvalue weighted by molar-refractivity contribution is -0.353. The molecule has 0 aliphatic carbocycles. The van der Waals surface area contributed by atoms with Crippen LogP contribution in [-0.2, 0) is 29.2 Å². The van der Waals surface area contributed by atoms with Crippen LogP contribution in [0.5, 0.6) is 0 Å². The quantitative estimate of drug-likeness (QED) is 0.169. The predicted octanol–water partition coefficient (Wildman–Crippen LogP) is 2.90. The molecule has 1 saturated heterocycles. The Hall–Kier alpha value is -1.94. The highest BCUT2D eigenvalue weighted by Gasteiger charge is 2.69. The van der Waals surface area contributed by atoms with Gasteiger partial charge in [0.15, 0.2) is 0 Å². The minimum atomic E-state index is -6.65. The summed E-state index contributed by atoms with van der Waals surface area (Å²) in [6, 6.07) is 0. The number of likely N-dealkylation sites (tertiary alicyclic amines) is 1. The third-order valence-corrected chi connectivity index (χ3v) is 5.30. The molecule has 186 valence electrons. The van der Waals surface area contributed by atoms with E-state index in [1.54, 1.807) is 0 Å². The van der Waals surface area contributed by atoms with Crippen molar-refractivity contribution in [1.29, 1.82) is 0 Å². The Morgan fingerprint density at radius 1 is 1.03 bits per heavy atom. The van der Waals surface area contributed by atoms with Crippen molar-refractivity contribution >= 4 is 22.0 Å². The first-order valence-corrected chi connectivity index (χ1v) is 10.4. The van der Waals surface area contributed by atoms with Gasteiger partial charge in [0.25, 0.3) is 0 Å². The number of halogens is 7. The molecular formula is C16H20F7NO7S. The fourth-order valence-electron chi connectivity index (χ4n) is 2.58. The average molecular weight is 503 g/mol. The molecule has 0 radical (unpaired) electrons. The highest BCUT2D eigenvalue weighted by atomic mass is 32.2. The largest absolute Gasteiger partial charge is 0.466 e. The van der Waals surface area contributed by atoms with Gasteiger partial charge >= 0.3 is 45.1 Å². The molecule has 0 aromatic rings. The summed E-state index contributed by atoms with van der Waals surface area (Å²) in [4.78, 5) is 25.0. The van der Waals surface area contributed by atoms with Gasteiger partial charge in [-0.3, -0.25) is 9.35 Å². The Labute approximate surface area is 178 Å². The standard InChI is InChI=1S/C16H20F7NO7S/c1-10(2)11(25)31-14(15(19,20)21,12(26)24-7-4-3-5-8-24)30-9-6-13(17,18)16(22,23)32(27,28)29/h1,3-9H2,2H3,(H,27,28,29). The summed E-state index contributed by atoms with van der Waals surface area (Å²) in [5.41, 5.74) is -0.628. The van der Waals surface area contributed by atoms with Crippen molar-refractivity contribution in [2.75, 3.05) is 19.7 Å². The van der Waals surface area contributed by atoms with Crippen LogP contribution in [0, 0.1) is 0 Å². The monoisotopic (exact) mass is 503 g/mol. The van der Waals surface area contributed by atoms with Crippen LogP contribution < -0.4 is 0 Å². The minimum Gasteiger partial charge on any atom is -0.412 e. The molecule has 1 rings (SSSR count). The molecule has 0 aromatic carbocycles. The number of hydrogen-bond donors (Lipinski definition) is 1. The van der Waals surface area contributed by atoms with Gasteiger partial charge in [-0.15, -0.1) is 0 Å². The topological polar surface area (TPSA) is 110 Å². The van der Waals surface area contributed by atoms with E-state index in [1.807, 2.05) is 0 Å². The zero-order chi connectivity index (χ0) is 25.2. The molecule has 32 heavy (non-hydrogen) atoms. The van der Waals surface area contributed by atoms with Crippen LogP contribution in [0.1, 0.15) is 32.6 Å². The summed E-state index contributed by atoms with van der Waals surface area (Å²) < 4.78 is 133. The second-order valence-electron chi connectivity index (χ2n) is 6.93. The Bertz CT molecular complexity index is 838. The van der Waals surface area contributed by atoms with Crippen molar-refractivity contribution in [3.8, 4) is 0 Å². The smallest absolute Gasteiger partial charge is 0.412 e. The lowest BCUT2D eigenvalue weighted by atomic mass is 10.1. The van der Waals surface area contributed by atoms with Crippen molar-refractivity contribution in [3.05, 3.63) is 12.2 Å². The van der Waals surface area contributed by atoms with Gasteiger partial charge in [0.05, 0.1) is 6.61 Å². The SMILES string of the molecule is C=C(C)C(=O)OC(OCCC(F)(F)C(F)(F)S(=O)(=O)O)(C(=O)N1CCCCC1)C(F)(F)F. The van der Waals surface area contributed by atoms with Crippen LogP contribution in [-0.4, -0.2) is 72.6 Å². The highest BCUT2D eigenvalue weighted by Crippen LogP contribution is 2.42. The van der Waals surface area contributed by atoms with Gasteiger partial charge in [0.2, 0.25) is 0 Å². The van der Waals surface area contributed by atoms with Gasteiger partial charge in [-0.2, -0.15) is 39.2 Å². The summed E-state index contributed by atoms with van der Waals surface area (Å²) in [5.74, 6) is -13.9. The lowest BCUT2D eigenvalue weighted by Gasteiger charge is -2.38. The zero-order valence-corrected chi connectivity index (χ0v) is 17.4. The van der Waals surface area contributed by atoms with E-state index in [4.69, 9.17) is 4.55 Å². The Kier molecular flexibility index (Phi) is 8.35. The molecule has 1 atom stereocenters. The molecule has 1 fully saturated rings. The van der Waals surface area contributed by atoms with Crippen LogP contribution in [0.4, 0.5) is 30.7 Å². The molecular weight excluding hydrogens is 483 g/mol.